The molecule has 4 N–H and O–H groups in total. The normalized spacial score (nSPS) is 10.6. The molecule has 0 aliphatic heterocycles. The van der Waals surface area contributed by atoms with Crippen LogP contribution in [0.4, 0.5) is 0 Å². The summed E-state index contributed by atoms with van der Waals surface area (Å²) in [6, 6.07) is 11.3. The Morgan fingerprint density at radius 1 is 1.19 bits per heavy atom. The van der Waals surface area contributed by atoms with E-state index in [2.05, 4.69) is 4.84 Å². The average Bonchev–Trinajstić information content (AvgIpc) is 2.28. The molecule has 0 aliphatic carbocycles. The molecule has 0 atom stereocenters. The summed E-state index contributed by atoms with van der Waals surface area (Å²) in [7, 11) is 0. The maximum absolute atomic E-state index is 11.4. The van der Waals surface area contributed by atoms with Crippen molar-refractivity contribution in [3.63, 3.8) is 0 Å². The van der Waals surface area contributed by atoms with E-state index in [-0.39, 0.29) is 6.61 Å². The van der Waals surface area contributed by atoms with Crippen LogP contribution in [-0.4, -0.2) is 5.91 Å². The Labute approximate surface area is 92.8 Å². The summed E-state index contributed by atoms with van der Waals surface area (Å²) in [6.07, 6.45) is 0. The Balaban J connectivity index is 2.73. The highest BCUT2D eigenvalue weighted by Crippen LogP contribution is 2.22. The summed E-state index contributed by atoms with van der Waals surface area (Å²) in [4.78, 5) is 16.0. The molecule has 0 unspecified atom stereocenters. The molecule has 82 valence electrons. The molecule has 0 fully saturated rings. The molecule has 1 amide bonds. The number of amides is 1. The maximum Gasteiger partial charge on any atom is 0.249 e. The number of primary amides is 1. The van der Waals surface area contributed by atoms with Crippen LogP contribution in [0.1, 0.15) is 15.9 Å². The zero-order valence-corrected chi connectivity index (χ0v) is 8.64. The van der Waals surface area contributed by atoms with Crippen molar-refractivity contribution in [2.24, 2.45) is 11.6 Å². The van der Waals surface area contributed by atoms with Gasteiger partial charge in [-0.2, -0.15) is 0 Å². The van der Waals surface area contributed by atoms with Gasteiger partial charge >= 0.3 is 0 Å². The molecular weight excluding hydrogens is 204 g/mol. The van der Waals surface area contributed by atoms with Crippen molar-refractivity contribution >= 4 is 16.7 Å². The summed E-state index contributed by atoms with van der Waals surface area (Å²) in [5.41, 5.74) is 6.55. The highest BCUT2D eigenvalue weighted by molar-refractivity contribution is 6.07. The molecule has 0 aliphatic rings. The van der Waals surface area contributed by atoms with Crippen LogP contribution in [0.25, 0.3) is 10.8 Å². The smallest absolute Gasteiger partial charge is 0.249 e. The van der Waals surface area contributed by atoms with Gasteiger partial charge in [-0.3, -0.25) is 9.63 Å². The molecule has 0 spiro atoms. The Kier molecular flexibility index (Phi) is 2.85. The Morgan fingerprint density at radius 2 is 1.94 bits per heavy atom. The van der Waals surface area contributed by atoms with Crippen LogP contribution in [-0.2, 0) is 11.4 Å². The maximum atomic E-state index is 11.4. The van der Waals surface area contributed by atoms with Gasteiger partial charge in [0.1, 0.15) is 0 Å². The first-order valence-corrected chi connectivity index (χ1v) is 4.86. The molecule has 2 aromatic rings. The summed E-state index contributed by atoms with van der Waals surface area (Å²) in [5, 5.41) is 1.79. The van der Waals surface area contributed by atoms with E-state index in [0.29, 0.717) is 11.1 Å². The average molecular weight is 216 g/mol. The molecule has 0 saturated heterocycles. The molecule has 0 saturated carbocycles. The molecule has 2 rings (SSSR count). The third-order valence-electron chi connectivity index (χ3n) is 2.50. The highest BCUT2D eigenvalue weighted by atomic mass is 16.6. The SMILES string of the molecule is NOCc1ccc2ccccc2c1C(N)=O. The fourth-order valence-corrected chi connectivity index (χ4v) is 1.82. The van der Waals surface area contributed by atoms with E-state index in [1.807, 2.05) is 30.3 Å². The van der Waals surface area contributed by atoms with E-state index >= 15 is 0 Å². The summed E-state index contributed by atoms with van der Waals surface area (Å²) in [5.74, 6) is 4.55. The van der Waals surface area contributed by atoms with E-state index in [1.165, 1.54) is 0 Å². The van der Waals surface area contributed by atoms with Crippen LogP contribution in [0.5, 0.6) is 0 Å². The van der Waals surface area contributed by atoms with E-state index < -0.39 is 5.91 Å². The fourth-order valence-electron chi connectivity index (χ4n) is 1.82. The second kappa shape index (κ2) is 4.30. The van der Waals surface area contributed by atoms with Gasteiger partial charge in [-0.05, 0) is 16.3 Å². The number of hydrogen-bond acceptors (Lipinski definition) is 3. The Morgan fingerprint density at radius 3 is 2.62 bits per heavy atom. The van der Waals surface area contributed by atoms with Gasteiger partial charge in [0.15, 0.2) is 0 Å². The predicted molar refractivity (Wildman–Crippen MR) is 61.4 cm³/mol. The first-order valence-electron chi connectivity index (χ1n) is 4.86. The van der Waals surface area contributed by atoms with E-state index in [0.717, 1.165) is 10.8 Å². The van der Waals surface area contributed by atoms with Crippen molar-refractivity contribution in [3.8, 4) is 0 Å². The second-order valence-corrected chi connectivity index (χ2v) is 3.50. The summed E-state index contributed by atoms with van der Waals surface area (Å²) >= 11 is 0. The van der Waals surface area contributed by atoms with Gasteiger partial charge in [0, 0.05) is 0 Å². The number of nitrogens with two attached hydrogens (primary N) is 2. The Bertz CT molecular complexity index is 538. The predicted octanol–water partition coefficient (Wildman–Crippen LogP) is 1.33. The van der Waals surface area contributed by atoms with Gasteiger partial charge in [0.2, 0.25) is 5.91 Å². The standard InChI is InChI=1S/C12H12N2O2/c13-12(15)11-9(7-16-14)6-5-8-3-1-2-4-10(8)11/h1-6H,7,14H2,(H2,13,15). The lowest BCUT2D eigenvalue weighted by atomic mass is 9.99. The van der Waals surface area contributed by atoms with Crippen LogP contribution >= 0.6 is 0 Å². The minimum Gasteiger partial charge on any atom is -0.366 e. The summed E-state index contributed by atoms with van der Waals surface area (Å²) < 4.78 is 0. The zero-order chi connectivity index (χ0) is 11.5. The summed E-state index contributed by atoms with van der Waals surface area (Å²) in [6.45, 7) is 0.170. The first kappa shape index (κ1) is 10.6. The number of fused-ring (bicyclic) bond motifs is 1. The van der Waals surface area contributed by atoms with Crippen molar-refractivity contribution in [3.05, 3.63) is 47.5 Å². The molecule has 0 heterocycles. The zero-order valence-electron chi connectivity index (χ0n) is 8.64. The van der Waals surface area contributed by atoms with E-state index in [4.69, 9.17) is 11.6 Å². The van der Waals surface area contributed by atoms with Crippen LogP contribution < -0.4 is 11.6 Å². The van der Waals surface area contributed by atoms with Gasteiger partial charge in [-0.1, -0.05) is 36.4 Å². The molecule has 0 bridgehead atoms. The van der Waals surface area contributed by atoms with Crippen molar-refractivity contribution in [2.75, 3.05) is 0 Å². The molecule has 0 radical (unpaired) electrons. The first-order chi connectivity index (χ1) is 7.74. The number of carbonyl (C=O) groups is 1. The number of carbonyl (C=O) groups excluding carboxylic acids is 1. The molecule has 2 aromatic carbocycles. The lowest BCUT2D eigenvalue weighted by Crippen LogP contribution is -2.15. The highest BCUT2D eigenvalue weighted by Gasteiger charge is 2.12. The van der Waals surface area contributed by atoms with Crippen molar-refractivity contribution in [1.82, 2.24) is 0 Å². The molecule has 0 aromatic heterocycles. The van der Waals surface area contributed by atoms with Gasteiger partial charge in [-0.25, -0.2) is 5.90 Å². The topological polar surface area (TPSA) is 78.3 Å². The fraction of sp³-hybridized carbons (Fsp3) is 0.0833. The molecule has 4 heteroatoms. The van der Waals surface area contributed by atoms with E-state index in [1.54, 1.807) is 6.07 Å². The van der Waals surface area contributed by atoms with Crippen LogP contribution in [0.2, 0.25) is 0 Å². The monoisotopic (exact) mass is 216 g/mol. The van der Waals surface area contributed by atoms with Gasteiger partial charge in [0.05, 0.1) is 12.2 Å². The van der Waals surface area contributed by atoms with Gasteiger partial charge < -0.3 is 5.73 Å². The second-order valence-electron chi connectivity index (χ2n) is 3.50. The van der Waals surface area contributed by atoms with Crippen molar-refractivity contribution in [2.45, 2.75) is 6.61 Å². The molecule has 16 heavy (non-hydrogen) atoms. The third kappa shape index (κ3) is 1.76. The lowest BCUT2D eigenvalue weighted by Gasteiger charge is -2.09. The lowest BCUT2D eigenvalue weighted by molar-refractivity contribution is 0.0988. The minimum absolute atomic E-state index is 0.170. The van der Waals surface area contributed by atoms with Crippen molar-refractivity contribution in [1.29, 1.82) is 0 Å². The van der Waals surface area contributed by atoms with E-state index in [9.17, 15) is 4.79 Å². The minimum atomic E-state index is -0.469. The quantitative estimate of drug-likeness (QED) is 0.760. The van der Waals surface area contributed by atoms with Gasteiger partial charge in [-0.15, -0.1) is 0 Å². The number of benzene rings is 2. The third-order valence-corrected chi connectivity index (χ3v) is 2.50. The van der Waals surface area contributed by atoms with Crippen molar-refractivity contribution < 1.29 is 9.63 Å². The largest absolute Gasteiger partial charge is 0.366 e. The van der Waals surface area contributed by atoms with Gasteiger partial charge in [0.25, 0.3) is 0 Å². The molecular formula is C12H12N2O2. The number of rotatable bonds is 3. The Hall–Kier alpha value is -1.91. The number of hydrogen-bond donors (Lipinski definition) is 2. The van der Waals surface area contributed by atoms with Crippen LogP contribution in [0.15, 0.2) is 36.4 Å². The van der Waals surface area contributed by atoms with Crippen LogP contribution in [0.3, 0.4) is 0 Å². The van der Waals surface area contributed by atoms with Crippen LogP contribution in [0, 0.1) is 0 Å². The molecule has 4 nitrogen and oxygen atoms in total.